The molecule has 1 aromatic heterocycles. The van der Waals surface area contributed by atoms with Crippen LogP contribution in [-0.2, 0) is 11.3 Å². The van der Waals surface area contributed by atoms with Crippen molar-refractivity contribution >= 4 is 28.6 Å². The van der Waals surface area contributed by atoms with Crippen molar-refractivity contribution < 1.29 is 9.53 Å². The van der Waals surface area contributed by atoms with E-state index in [2.05, 4.69) is 70.6 Å². The summed E-state index contributed by atoms with van der Waals surface area (Å²) in [6.45, 7) is 13.1. The number of aromatic amines is 1. The second-order valence-electron chi connectivity index (χ2n) is 10.4. The lowest BCUT2D eigenvalue weighted by molar-refractivity contribution is 0.101. The van der Waals surface area contributed by atoms with E-state index in [9.17, 15) is 4.79 Å². The lowest BCUT2D eigenvalue weighted by Gasteiger charge is -2.37. The van der Waals surface area contributed by atoms with Crippen molar-refractivity contribution in [2.45, 2.75) is 52.2 Å². The van der Waals surface area contributed by atoms with Crippen molar-refractivity contribution in [3.8, 4) is 0 Å². The van der Waals surface area contributed by atoms with Gasteiger partial charge in [-0.2, -0.15) is 0 Å². The van der Waals surface area contributed by atoms with Gasteiger partial charge in [0.2, 0.25) is 0 Å². The molecular formula is C33H40N4O2. The summed E-state index contributed by atoms with van der Waals surface area (Å²) in [4.78, 5) is 26.3. The Balaban J connectivity index is 1.45. The summed E-state index contributed by atoms with van der Waals surface area (Å²) in [6.07, 6.45) is 8.28. The first-order valence-corrected chi connectivity index (χ1v) is 13.6. The standard InChI is InChI=1S/C33H40N4O2/c1-22(24(3)37-17-14-28(15-18-37)27-9-7-26(8-10-27)25(4)38)19-23(2)30(13-16-34-5)29-11-12-31-32(20-29)36-33(35-31)21-39-6/h7-13,16,19-20,24,28H,2,14-15,17-18,21H2,1,3-6H3,(H,35,36)/b22-19+,30-13+,34-16?. The molecule has 0 saturated carbocycles. The Morgan fingerprint density at radius 1 is 1.18 bits per heavy atom. The maximum atomic E-state index is 11.6. The fraction of sp³-hybridized carbons (Fsp3) is 0.364. The molecule has 1 atom stereocenters. The molecule has 204 valence electrons. The number of hydrogen-bond donors (Lipinski definition) is 1. The molecule has 0 bridgehead atoms. The highest BCUT2D eigenvalue weighted by Crippen LogP contribution is 2.31. The van der Waals surface area contributed by atoms with Crippen LogP contribution in [0.1, 0.15) is 66.8 Å². The first kappa shape index (κ1) is 28.4. The fourth-order valence-electron chi connectivity index (χ4n) is 5.34. The van der Waals surface area contributed by atoms with E-state index in [0.29, 0.717) is 18.6 Å². The van der Waals surface area contributed by atoms with E-state index in [0.717, 1.165) is 65.1 Å². The van der Waals surface area contributed by atoms with Gasteiger partial charge < -0.3 is 9.72 Å². The Morgan fingerprint density at radius 2 is 1.87 bits per heavy atom. The number of likely N-dealkylation sites (tertiary alicyclic amines) is 1. The third-order valence-corrected chi connectivity index (χ3v) is 7.79. The van der Waals surface area contributed by atoms with Gasteiger partial charge in [-0.25, -0.2) is 4.98 Å². The third-order valence-electron chi connectivity index (χ3n) is 7.79. The number of nitrogens with one attached hydrogen (secondary N) is 1. The highest BCUT2D eigenvalue weighted by Gasteiger charge is 2.24. The van der Waals surface area contributed by atoms with Crippen LogP contribution in [0.5, 0.6) is 0 Å². The average Bonchev–Trinajstić information content (AvgIpc) is 3.35. The second-order valence-corrected chi connectivity index (χ2v) is 10.4. The van der Waals surface area contributed by atoms with Crippen LogP contribution >= 0.6 is 0 Å². The van der Waals surface area contributed by atoms with Crippen LogP contribution in [-0.4, -0.2) is 60.2 Å². The SMILES string of the molecule is C=C(/C=C(\C)C(C)N1CCC(c2ccc(C(C)=O)cc2)CC1)/C(=C\C=NC)c1ccc2nc(COC)[nH]c2c1. The second kappa shape index (κ2) is 13.0. The smallest absolute Gasteiger partial charge is 0.159 e. The van der Waals surface area contributed by atoms with E-state index in [-0.39, 0.29) is 5.78 Å². The van der Waals surface area contributed by atoms with Crippen LogP contribution in [0.25, 0.3) is 16.6 Å². The molecule has 0 amide bonds. The number of aliphatic imine (C=N–C) groups is 1. The molecule has 39 heavy (non-hydrogen) atoms. The number of H-pyrrole nitrogens is 1. The van der Waals surface area contributed by atoms with Gasteiger partial charge >= 0.3 is 0 Å². The number of methoxy groups -OCH3 is 1. The Labute approximate surface area is 232 Å². The Hall–Kier alpha value is -3.61. The summed E-state index contributed by atoms with van der Waals surface area (Å²) in [7, 11) is 3.44. The predicted octanol–water partition coefficient (Wildman–Crippen LogP) is 6.77. The number of allylic oxidation sites excluding steroid dienone is 4. The van der Waals surface area contributed by atoms with Crippen LogP contribution in [0.4, 0.5) is 0 Å². The van der Waals surface area contributed by atoms with Gasteiger partial charge in [0, 0.05) is 32.0 Å². The number of imidazole rings is 1. The number of ketones is 1. The minimum Gasteiger partial charge on any atom is -0.377 e. The summed E-state index contributed by atoms with van der Waals surface area (Å²) in [5.74, 6) is 1.47. The zero-order valence-electron chi connectivity index (χ0n) is 23.8. The molecule has 1 unspecified atom stereocenters. The molecule has 1 aliphatic heterocycles. The third kappa shape index (κ3) is 6.88. The van der Waals surface area contributed by atoms with E-state index in [1.807, 2.05) is 30.5 Å². The van der Waals surface area contributed by atoms with Gasteiger partial charge in [0.25, 0.3) is 0 Å². The van der Waals surface area contributed by atoms with Crippen molar-refractivity contribution in [3.05, 3.63) is 94.9 Å². The van der Waals surface area contributed by atoms with Crippen molar-refractivity contribution in [3.63, 3.8) is 0 Å². The first-order valence-electron chi connectivity index (χ1n) is 13.6. The van der Waals surface area contributed by atoms with Crippen molar-refractivity contribution in [2.24, 2.45) is 4.99 Å². The van der Waals surface area contributed by atoms with Crippen LogP contribution in [0, 0.1) is 0 Å². The van der Waals surface area contributed by atoms with Gasteiger partial charge in [-0.15, -0.1) is 0 Å². The Kier molecular flexibility index (Phi) is 9.44. The number of aromatic nitrogens is 2. The van der Waals surface area contributed by atoms with Gasteiger partial charge in [-0.1, -0.05) is 48.6 Å². The minimum atomic E-state index is 0.118. The van der Waals surface area contributed by atoms with Crippen molar-refractivity contribution in [1.82, 2.24) is 14.9 Å². The van der Waals surface area contributed by atoms with E-state index < -0.39 is 0 Å². The van der Waals surface area contributed by atoms with E-state index in [1.165, 1.54) is 11.1 Å². The van der Waals surface area contributed by atoms with Gasteiger partial charge in [0.05, 0.1) is 11.0 Å². The topological polar surface area (TPSA) is 70.6 Å². The summed E-state index contributed by atoms with van der Waals surface area (Å²) < 4.78 is 5.22. The lowest BCUT2D eigenvalue weighted by atomic mass is 9.87. The summed E-state index contributed by atoms with van der Waals surface area (Å²) in [6, 6.07) is 14.7. The average molecular weight is 525 g/mol. The van der Waals surface area contributed by atoms with E-state index in [4.69, 9.17) is 4.74 Å². The number of fused-ring (bicyclic) bond motifs is 1. The predicted molar refractivity (Wildman–Crippen MR) is 162 cm³/mol. The summed E-state index contributed by atoms with van der Waals surface area (Å²) in [5.41, 5.74) is 8.34. The first-order chi connectivity index (χ1) is 18.8. The fourth-order valence-corrected chi connectivity index (χ4v) is 5.34. The molecular weight excluding hydrogens is 484 g/mol. The van der Waals surface area contributed by atoms with Crippen LogP contribution in [0.3, 0.4) is 0 Å². The molecule has 2 heterocycles. The molecule has 0 radical (unpaired) electrons. The number of piperidine rings is 1. The molecule has 1 aliphatic rings. The van der Waals surface area contributed by atoms with Gasteiger partial charge in [0.15, 0.2) is 5.78 Å². The highest BCUT2D eigenvalue weighted by molar-refractivity contribution is 5.95. The quantitative estimate of drug-likeness (QED) is 0.181. The number of carbonyl (C=O) groups excluding carboxylic acids is 1. The summed E-state index contributed by atoms with van der Waals surface area (Å²) in [5, 5.41) is 0. The number of rotatable bonds is 10. The number of nitrogens with zero attached hydrogens (tertiary/aromatic N) is 3. The normalized spacial score (nSPS) is 16.7. The molecule has 2 aromatic carbocycles. The highest BCUT2D eigenvalue weighted by atomic mass is 16.5. The van der Waals surface area contributed by atoms with Gasteiger partial charge in [0.1, 0.15) is 12.4 Å². The maximum Gasteiger partial charge on any atom is 0.159 e. The zero-order valence-corrected chi connectivity index (χ0v) is 23.8. The van der Waals surface area contributed by atoms with Crippen LogP contribution in [0.2, 0.25) is 0 Å². The van der Waals surface area contributed by atoms with Gasteiger partial charge in [-0.05, 0) is 93.1 Å². The molecule has 1 N–H and O–H groups in total. The van der Waals surface area contributed by atoms with E-state index >= 15 is 0 Å². The number of Topliss-reactive ketones (excluding diaryl/α,β-unsaturated/α-hetero) is 1. The van der Waals surface area contributed by atoms with Crippen LogP contribution in [0.15, 0.2) is 77.3 Å². The molecule has 3 aromatic rings. The van der Waals surface area contributed by atoms with Gasteiger partial charge in [-0.3, -0.25) is 14.7 Å². The maximum absolute atomic E-state index is 11.6. The number of carbonyl (C=O) groups is 1. The monoisotopic (exact) mass is 524 g/mol. The number of hydrogen-bond acceptors (Lipinski definition) is 5. The molecule has 1 fully saturated rings. The zero-order chi connectivity index (χ0) is 27.9. The Bertz CT molecular complexity index is 1400. The molecule has 0 aliphatic carbocycles. The molecule has 0 spiro atoms. The molecule has 1 saturated heterocycles. The van der Waals surface area contributed by atoms with E-state index in [1.54, 1.807) is 21.1 Å². The summed E-state index contributed by atoms with van der Waals surface area (Å²) >= 11 is 0. The van der Waals surface area contributed by atoms with Crippen LogP contribution < -0.4 is 0 Å². The molecule has 6 heteroatoms. The number of ether oxygens (including phenoxy) is 1. The minimum absolute atomic E-state index is 0.118. The lowest BCUT2D eigenvalue weighted by Crippen LogP contribution is -2.40. The number of benzene rings is 2. The molecule has 6 nitrogen and oxygen atoms in total. The molecule has 4 rings (SSSR count). The largest absolute Gasteiger partial charge is 0.377 e. The van der Waals surface area contributed by atoms with Crippen molar-refractivity contribution in [1.29, 1.82) is 0 Å². The van der Waals surface area contributed by atoms with Crippen molar-refractivity contribution in [2.75, 3.05) is 27.2 Å². The Morgan fingerprint density at radius 3 is 2.51 bits per heavy atom.